The van der Waals surface area contributed by atoms with Gasteiger partial charge in [-0.2, -0.15) is 0 Å². The molecule has 1 rings (SSSR count). The summed E-state index contributed by atoms with van der Waals surface area (Å²) in [5.41, 5.74) is 0.237. The van der Waals surface area contributed by atoms with E-state index >= 15 is 0 Å². The normalized spacial score (nSPS) is 15.8. The van der Waals surface area contributed by atoms with Crippen molar-refractivity contribution in [2.45, 2.75) is 45.3 Å². The lowest BCUT2D eigenvalue weighted by molar-refractivity contribution is 0.0266. The van der Waals surface area contributed by atoms with Gasteiger partial charge in [0, 0.05) is 12.1 Å². The zero-order valence-corrected chi connectivity index (χ0v) is 10.7. The van der Waals surface area contributed by atoms with Crippen LogP contribution in [0.15, 0.2) is 30.3 Å². The first kappa shape index (κ1) is 13.2. The van der Waals surface area contributed by atoms with Crippen molar-refractivity contribution < 1.29 is 5.11 Å². The van der Waals surface area contributed by atoms with Crippen molar-refractivity contribution in [2.24, 2.45) is 0 Å². The quantitative estimate of drug-likeness (QED) is 0.819. The summed E-state index contributed by atoms with van der Waals surface area (Å²) in [6.45, 7) is 8.91. The first-order valence-electron chi connectivity index (χ1n) is 5.90. The highest BCUT2D eigenvalue weighted by atomic mass is 16.3. The van der Waals surface area contributed by atoms with Crippen molar-refractivity contribution in [2.75, 3.05) is 6.54 Å². The van der Waals surface area contributed by atoms with Crippen molar-refractivity contribution in [3.8, 4) is 0 Å². The molecule has 1 unspecified atom stereocenters. The number of nitrogens with one attached hydrogen (secondary N) is 1. The van der Waals surface area contributed by atoms with E-state index in [0.717, 1.165) is 5.56 Å². The van der Waals surface area contributed by atoms with E-state index in [-0.39, 0.29) is 5.54 Å². The van der Waals surface area contributed by atoms with Gasteiger partial charge in [-0.15, -0.1) is 0 Å². The molecule has 0 aliphatic carbocycles. The maximum atomic E-state index is 10.6. The van der Waals surface area contributed by atoms with Gasteiger partial charge in [0.25, 0.3) is 0 Å². The SMILES string of the molecule is CCC(O)(CNC(C)(C)C)c1ccccc1. The minimum absolute atomic E-state index is 0.0257. The minimum atomic E-state index is -0.769. The summed E-state index contributed by atoms with van der Waals surface area (Å²) in [5, 5.41) is 14.0. The number of aliphatic hydroxyl groups is 1. The molecule has 0 saturated carbocycles. The van der Waals surface area contributed by atoms with Crippen LogP contribution in [0.4, 0.5) is 0 Å². The van der Waals surface area contributed by atoms with E-state index in [1.807, 2.05) is 37.3 Å². The summed E-state index contributed by atoms with van der Waals surface area (Å²) in [6.07, 6.45) is 0.708. The summed E-state index contributed by atoms with van der Waals surface area (Å²) < 4.78 is 0. The Morgan fingerprint density at radius 1 is 1.12 bits per heavy atom. The highest BCUT2D eigenvalue weighted by Gasteiger charge is 2.28. The Hall–Kier alpha value is -0.860. The fourth-order valence-corrected chi connectivity index (χ4v) is 1.59. The number of benzene rings is 1. The van der Waals surface area contributed by atoms with Crippen molar-refractivity contribution in [3.05, 3.63) is 35.9 Å². The number of hydrogen-bond donors (Lipinski definition) is 2. The molecule has 0 spiro atoms. The van der Waals surface area contributed by atoms with Gasteiger partial charge in [-0.05, 0) is 32.8 Å². The lowest BCUT2D eigenvalue weighted by Gasteiger charge is -2.32. The number of β-amino-alcohol motifs (C(OH)–C–C–N with tert-alkyl or cyclic N) is 1. The van der Waals surface area contributed by atoms with Gasteiger partial charge in [0.2, 0.25) is 0 Å². The van der Waals surface area contributed by atoms with E-state index in [1.165, 1.54) is 0 Å². The van der Waals surface area contributed by atoms with Crippen LogP contribution in [0.25, 0.3) is 0 Å². The molecule has 1 aromatic carbocycles. The second-order valence-electron chi connectivity index (χ2n) is 5.35. The molecule has 0 amide bonds. The largest absolute Gasteiger partial charge is 0.384 e. The van der Waals surface area contributed by atoms with E-state index in [1.54, 1.807) is 0 Å². The predicted molar refractivity (Wildman–Crippen MR) is 68.4 cm³/mol. The van der Waals surface area contributed by atoms with E-state index in [4.69, 9.17) is 0 Å². The van der Waals surface area contributed by atoms with Crippen molar-refractivity contribution in [3.63, 3.8) is 0 Å². The predicted octanol–water partition coefficient (Wildman–Crippen LogP) is 2.67. The molecule has 0 aromatic heterocycles. The Morgan fingerprint density at radius 3 is 2.12 bits per heavy atom. The molecule has 1 atom stereocenters. The molecule has 0 aliphatic rings. The number of hydrogen-bond acceptors (Lipinski definition) is 2. The molecule has 0 aliphatic heterocycles. The van der Waals surface area contributed by atoms with Crippen LogP contribution in [0.1, 0.15) is 39.7 Å². The van der Waals surface area contributed by atoms with Crippen LogP contribution < -0.4 is 5.32 Å². The van der Waals surface area contributed by atoms with Crippen LogP contribution in [-0.4, -0.2) is 17.2 Å². The fraction of sp³-hybridized carbons (Fsp3) is 0.571. The third kappa shape index (κ3) is 3.62. The second kappa shape index (κ2) is 4.98. The van der Waals surface area contributed by atoms with Crippen LogP contribution >= 0.6 is 0 Å². The van der Waals surface area contributed by atoms with E-state index in [0.29, 0.717) is 13.0 Å². The molecular formula is C14H23NO. The molecule has 2 nitrogen and oxygen atoms in total. The Bertz CT molecular complexity index is 315. The Morgan fingerprint density at radius 2 is 1.69 bits per heavy atom. The molecule has 90 valence electrons. The summed E-state index contributed by atoms with van der Waals surface area (Å²) in [5.74, 6) is 0. The van der Waals surface area contributed by atoms with Crippen molar-refractivity contribution >= 4 is 0 Å². The average molecular weight is 221 g/mol. The monoisotopic (exact) mass is 221 g/mol. The highest BCUT2D eigenvalue weighted by molar-refractivity contribution is 5.22. The van der Waals surface area contributed by atoms with Crippen molar-refractivity contribution in [1.29, 1.82) is 0 Å². The van der Waals surface area contributed by atoms with Gasteiger partial charge in [-0.3, -0.25) is 0 Å². The maximum Gasteiger partial charge on any atom is 0.102 e. The van der Waals surface area contributed by atoms with Crippen LogP contribution in [0.3, 0.4) is 0 Å². The summed E-state index contributed by atoms with van der Waals surface area (Å²) in [4.78, 5) is 0. The van der Waals surface area contributed by atoms with Crippen LogP contribution in [0, 0.1) is 0 Å². The Kier molecular flexibility index (Phi) is 4.11. The molecule has 16 heavy (non-hydrogen) atoms. The molecule has 2 heteroatoms. The third-order valence-electron chi connectivity index (χ3n) is 2.81. The van der Waals surface area contributed by atoms with Crippen LogP contribution in [0.5, 0.6) is 0 Å². The zero-order valence-electron chi connectivity index (χ0n) is 10.7. The van der Waals surface area contributed by atoms with E-state index in [2.05, 4.69) is 26.1 Å². The molecule has 1 aromatic rings. The first-order chi connectivity index (χ1) is 7.37. The fourth-order valence-electron chi connectivity index (χ4n) is 1.59. The minimum Gasteiger partial charge on any atom is -0.384 e. The van der Waals surface area contributed by atoms with Crippen molar-refractivity contribution in [1.82, 2.24) is 5.32 Å². The smallest absolute Gasteiger partial charge is 0.102 e. The summed E-state index contributed by atoms with van der Waals surface area (Å²) in [7, 11) is 0. The van der Waals surface area contributed by atoms with Gasteiger partial charge in [-0.1, -0.05) is 37.3 Å². The van der Waals surface area contributed by atoms with Crippen LogP contribution in [0.2, 0.25) is 0 Å². The van der Waals surface area contributed by atoms with Gasteiger partial charge in [0.15, 0.2) is 0 Å². The van der Waals surface area contributed by atoms with Gasteiger partial charge < -0.3 is 10.4 Å². The van der Waals surface area contributed by atoms with E-state index in [9.17, 15) is 5.11 Å². The maximum absolute atomic E-state index is 10.6. The standard InChI is InChI=1S/C14H23NO/c1-5-14(16,11-15-13(2,3)4)12-9-7-6-8-10-12/h6-10,15-16H,5,11H2,1-4H3. The molecule has 2 N–H and O–H groups in total. The number of rotatable bonds is 4. The molecule has 0 radical (unpaired) electrons. The topological polar surface area (TPSA) is 32.3 Å². The Balaban J connectivity index is 2.79. The average Bonchev–Trinajstić information content (AvgIpc) is 2.26. The molecular weight excluding hydrogens is 198 g/mol. The second-order valence-corrected chi connectivity index (χ2v) is 5.35. The Labute approximate surface area is 98.7 Å². The molecule has 0 saturated heterocycles. The molecule has 0 fully saturated rings. The lowest BCUT2D eigenvalue weighted by Crippen LogP contribution is -2.45. The summed E-state index contributed by atoms with van der Waals surface area (Å²) in [6, 6.07) is 9.86. The van der Waals surface area contributed by atoms with Crippen LogP contribution in [-0.2, 0) is 5.60 Å². The zero-order chi connectivity index (χ0) is 12.2. The van der Waals surface area contributed by atoms with Gasteiger partial charge in [0.05, 0.1) is 0 Å². The lowest BCUT2D eigenvalue weighted by atomic mass is 9.90. The van der Waals surface area contributed by atoms with Gasteiger partial charge in [-0.25, -0.2) is 0 Å². The van der Waals surface area contributed by atoms with Gasteiger partial charge in [0.1, 0.15) is 5.60 Å². The molecule has 0 bridgehead atoms. The van der Waals surface area contributed by atoms with Gasteiger partial charge >= 0.3 is 0 Å². The van der Waals surface area contributed by atoms with E-state index < -0.39 is 5.60 Å². The first-order valence-corrected chi connectivity index (χ1v) is 5.90. The highest BCUT2D eigenvalue weighted by Crippen LogP contribution is 2.24. The molecule has 0 heterocycles. The summed E-state index contributed by atoms with van der Waals surface area (Å²) >= 11 is 0. The third-order valence-corrected chi connectivity index (χ3v) is 2.81.